The lowest BCUT2D eigenvalue weighted by atomic mass is 9.88. The van der Waals surface area contributed by atoms with Crippen LogP contribution in [0.4, 0.5) is 18.9 Å². The lowest BCUT2D eigenvalue weighted by molar-refractivity contribution is -0.142. The predicted molar refractivity (Wildman–Crippen MR) is 172 cm³/mol. The number of methoxy groups -OCH3 is 2. The number of alkyl halides is 3. The molecule has 0 radical (unpaired) electrons. The highest BCUT2D eigenvalue weighted by Gasteiger charge is 2.45. The summed E-state index contributed by atoms with van der Waals surface area (Å²) in [5.41, 5.74) is 1.72. The summed E-state index contributed by atoms with van der Waals surface area (Å²) < 4.78 is 52.4. The van der Waals surface area contributed by atoms with Gasteiger partial charge in [-0.15, -0.1) is 0 Å². The molecule has 3 heterocycles. The number of carboxylic acid groups (broad SMARTS) is 1. The fourth-order valence-corrected chi connectivity index (χ4v) is 8.37. The lowest BCUT2D eigenvalue weighted by Gasteiger charge is -2.35. The monoisotopic (exact) mass is 657 g/mol. The molecule has 2 aromatic carbocycles. The molecular formula is C36H46F3N3O5. The van der Waals surface area contributed by atoms with E-state index < -0.39 is 23.6 Å². The summed E-state index contributed by atoms with van der Waals surface area (Å²) >= 11 is 0. The fraction of sp³-hybridized carbons (Fsp3) is 0.611. The van der Waals surface area contributed by atoms with Gasteiger partial charge in [-0.05, 0) is 80.3 Å². The summed E-state index contributed by atoms with van der Waals surface area (Å²) in [5, 5.41) is 9.45. The number of benzene rings is 2. The number of piperidine rings is 1. The highest BCUT2D eigenvalue weighted by Crippen LogP contribution is 2.43. The van der Waals surface area contributed by atoms with Gasteiger partial charge in [-0.3, -0.25) is 14.5 Å². The number of aliphatic carboxylic acids is 1. The molecule has 3 aliphatic heterocycles. The molecule has 1 N–H and O–H groups in total. The molecule has 8 nitrogen and oxygen atoms in total. The first-order valence-electron chi connectivity index (χ1n) is 16.9. The van der Waals surface area contributed by atoms with Crippen molar-refractivity contribution in [3.05, 3.63) is 59.2 Å². The van der Waals surface area contributed by atoms with Crippen LogP contribution >= 0.6 is 0 Å². The van der Waals surface area contributed by atoms with Crippen LogP contribution in [0.5, 0.6) is 5.75 Å². The van der Waals surface area contributed by atoms with Crippen molar-refractivity contribution >= 4 is 17.6 Å². The number of anilines is 1. The van der Waals surface area contributed by atoms with Crippen LogP contribution in [0.3, 0.4) is 0 Å². The van der Waals surface area contributed by atoms with E-state index in [4.69, 9.17) is 9.47 Å². The van der Waals surface area contributed by atoms with E-state index in [9.17, 15) is 27.9 Å². The molecular weight excluding hydrogens is 611 g/mol. The number of halogens is 3. The zero-order valence-corrected chi connectivity index (χ0v) is 27.3. The Morgan fingerprint density at radius 2 is 1.55 bits per heavy atom. The summed E-state index contributed by atoms with van der Waals surface area (Å²) in [6.45, 7) is 3.26. The minimum atomic E-state index is -4.49. The number of carbonyl (C=O) groups excluding carboxylic acids is 1. The Kier molecular flexibility index (Phi) is 10.0. The third-order valence-corrected chi connectivity index (χ3v) is 11.2. The summed E-state index contributed by atoms with van der Waals surface area (Å²) in [6, 6.07) is 12.3. The summed E-state index contributed by atoms with van der Waals surface area (Å²) in [4.78, 5) is 32.2. The molecule has 1 saturated carbocycles. The van der Waals surface area contributed by atoms with E-state index in [-0.39, 0.29) is 23.7 Å². The van der Waals surface area contributed by atoms with Gasteiger partial charge in [0, 0.05) is 69.9 Å². The second-order valence-electron chi connectivity index (χ2n) is 13.7. The van der Waals surface area contributed by atoms with Gasteiger partial charge in [-0.1, -0.05) is 18.2 Å². The third kappa shape index (κ3) is 7.26. The molecule has 0 aromatic heterocycles. The van der Waals surface area contributed by atoms with E-state index in [1.165, 1.54) is 6.07 Å². The van der Waals surface area contributed by atoms with Crippen LogP contribution < -0.4 is 9.64 Å². The molecule has 4 fully saturated rings. The molecule has 4 aliphatic rings. The predicted octanol–water partition coefficient (Wildman–Crippen LogP) is 6.00. The molecule has 2 aromatic rings. The van der Waals surface area contributed by atoms with Crippen LogP contribution in [-0.2, 0) is 20.5 Å². The Balaban J connectivity index is 1.21. The average molecular weight is 658 g/mol. The summed E-state index contributed by atoms with van der Waals surface area (Å²) in [6.07, 6.45) is 1.36. The van der Waals surface area contributed by atoms with Gasteiger partial charge in [0.25, 0.3) is 0 Å². The van der Waals surface area contributed by atoms with Crippen molar-refractivity contribution in [1.29, 1.82) is 0 Å². The number of amides is 1. The highest BCUT2D eigenvalue weighted by atomic mass is 19.4. The highest BCUT2D eigenvalue weighted by molar-refractivity contribution is 5.81. The maximum atomic E-state index is 14.4. The number of rotatable bonds is 8. The van der Waals surface area contributed by atoms with E-state index in [1.54, 1.807) is 20.3 Å². The number of ether oxygens (including phenoxy) is 2. The first-order chi connectivity index (χ1) is 22.5. The molecule has 0 unspecified atom stereocenters. The van der Waals surface area contributed by atoms with E-state index in [0.717, 1.165) is 55.2 Å². The van der Waals surface area contributed by atoms with Crippen molar-refractivity contribution in [3.8, 4) is 5.75 Å². The van der Waals surface area contributed by atoms with Crippen molar-refractivity contribution in [2.45, 2.75) is 75.1 Å². The van der Waals surface area contributed by atoms with Crippen molar-refractivity contribution < 1.29 is 37.3 Å². The zero-order valence-electron chi connectivity index (χ0n) is 27.3. The molecule has 3 atom stereocenters. The molecule has 0 spiro atoms. The Morgan fingerprint density at radius 1 is 0.851 bits per heavy atom. The first-order valence-corrected chi connectivity index (χ1v) is 16.9. The minimum Gasteiger partial charge on any atom is -0.497 e. The maximum absolute atomic E-state index is 14.4. The molecule has 1 aliphatic carbocycles. The first kappa shape index (κ1) is 33.6. The number of likely N-dealkylation sites (tertiary alicyclic amines) is 2. The molecule has 6 rings (SSSR count). The van der Waals surface area contributed by atoms with Crippen molar-refractivity contribution in [2.75, 3.05) is 58.4 Å². The zero-order chi connectivity index (χ0) is 33.3. The summed E-state index contributed by atoms with van der Waals surface area (Å²) in [5.74, 6) is -0.757. The Labute approximate surface area is 274 Å². The Morgan fingerprint density at radius 3 is 2.17 bits per heavy atom. The third-order valence-electron chi connectivity index (χ3n) is 11.2. The van der Waals surface area contributed by atoms with Crippen molar-refractivity contribution in [1.82, 2.24) is 9.80 Å². The second-order valence-corrected chi connectivity index (χ2v) is 13.7. The van der Waals surface area contributed by atoms with Gasteiger partial charge in [-0.2, -0.15) is 13.2 Å². The van der Waals surface area contributed by atoms with Gasteiger partial charge in [0.05, 0.1) is 30.6 Å². The van der Waals surface area contributed by atoms with Crippen molar-refractivity contribution in [2.24, 2.45) is 11.8 Å². The number of hydrogen-bond donors (Lipinski definition) is 1. The van der Waals surface area contributed by atoms with Crippen LogP contribution in [0.25, 0.3) is 0 Å². The SMILES string of the molecule is COc1ccc([C@@H]2CN([C@H]3CC[C@H](OC)CC3)C[C@H]2C(=O)N2CC[C@@H](c3ccc(C(F)(F)F)cc3N3CCC(C(=O)O)CC3)C2)cc1. The average Bonchev–Trinajstić information content (AvgIpc) is 3.76. The van der Waals surface area contributed by atoms with Gasteiger partial charge in [-0.25, -0.2) is 0 Å². The number of carbonyl (C=O) groups is 2. The van der Waals surface area contributed by atoms with Gasteiger partial charge in [0.15, 0.2) is 0 Å². The summed E-state index contributed by atoms with van der Waals surface area (Å²) in [7, 11) is 3.41. The second kappa shape index (κ2) is 14.0. The van der Waals surface area contributed by atoms with Gasteiger partial charge in [0.1, 0.15) is 5.75 Å². The largest absolute Gasteiger partial charge is 0.497 e. The quantitative estimate of drug-likeness (QED) is 0.373. The van der Waals surface area contributed by atoms with E-state index in [1.807, 2.05) is 21.9 Å². The molecule has 47 heavy (non-hydrogen) atoms. The molecule has 0 bridgehead atoms. The van der Waals surface area contributed by atoms with Crippen molar-refractivity contribution in [3.63, 3.8) is 0 Å². The Bertz CT molecular complexity index is 1400. The van der Waals surface area contributed by atoms with E-state index in [2.05, 4.69) is 17.0 Å². The van der Waals surface area contributed by atoms with Crippen LogP contribution in [0.1, 0.15) is 73.5 Å². The van der Waals surface area contributed by atoms with Crippen LogP contribution in [0, 0.1) is 11.8 Å². The smallest absolute Gasteiger partial charge is 0.416 e. The normalized spacial score (nSPS) is 27.7. The number of nitrogens with zero attached hydrogens (tertiary/aromatic N) is 3. The van der Waals surface area contributed by atoms with Gasteiger partial charge < -0.3 is 24.4 Å². The number of carboxylic acids is 1. The van der Waals surface area contributed by atoms with E-state index >= 15 is 0 Å². The van der Waals surface area contributed by atoms with Gasteiger partial charge >= 0.3 is 12.1 Å². The number of hydrogen-bond acceptors (Lipinski definition) is 6. The van der Waals surface area contributed by atoms with Crippen LogP contribution in [0.15, 0.2) is 42.5 Å². The lowest BCUT2D eigenvalue weighted by Crippen LogP contribution is -2.40. The molecule has 1 amide bonds. The Hall–Kier alpha value is -3.31. The van der Waals surface area contributed by atoms with Crippen LogP contribution in [0.2, 0.25) is 0 Å². The molecule has 256 valence electrons. The standard InChI is InChI=1S/C36H46F3N3O5/c1-46-28-8-3-23(4-9-28)31-21-42(27-6-10-29(47-2)11-7-27)22-32(31)34(43)41-18-15-25(20-41)30-12-5-26(36(37,38)39)19-33(30)40-16-13-24(14-17-40)35(44)45/h3-5,8-9,12,19,24-25,27,29,31-32H,6-7,10-11,13-18,20-22H2,1-2H3,(H,44,45)/t25-,27-,29-,31+,32-/m1/s1. The molecule has 3 saturated heterocycles. The van der Waals surface area contributed by atoms with Gasteiger partial charge in [0.2, 0.25) is 5.91 Å². The molecule has 11 heteroatoms. The maximum Gasteiger partial charge on any atom is 0.416 e. The van der Waals surface area contributed by atoms with E-state index in [0.29, 0.717) is 69.8 Å². The van der Waals surface area contributed by atoms with Crippen LogP contribution in [-0.4, -0.2) is 92.4 Å². The topological polar surface area (TPSA) is 82.6 Å². The minimum absolute atomic E-state index is 0.0322. The fourth-order valence-electron chi connectivity index (χ4n) is 8.37.